The Balaban J connectivity index is 2.19. The van der Waals surface area contributed by atoms with Crippen LogP contribution in [0.3, 0.4) is 0 Å². The lowest BCUT2D eigenvalue weighted by atomic mass is 10.1. The molecular formula is C15H16ClN3O. The zero-order chi connectivity index (χ0) is 14.5. The molecule has 0 bridgehead atoms. The molecule has 0 radical (unpaired) electrons. The maximum Gasteiger partial charge on any atom is 0.255 e. The minimum Gasteiger partial charge on any atom is -0.361 e. The molecular weight excluding hydrogens is 274 g/mol. The minimum atomic E-state index is -0.165. The molecule has 20 heavy (non-hydrogen) atoms. The molecule has 2 rings (SSSR count). The van der Waals surface area contributed by atoms with Crippen molar-refractivity contribution in [2.75, 3.05) is 24.3 Å². The molecule has 1 heterocycles. The lowest BCUT2D eigenvalue weighted by Gasteiger charge is -2.16. The third kappa shape index (κ3) is 3.27. The van der Waals surface area contributed by atoms with Crippen molar-refractivity contribution in [2.45, 2.75) is 5.88 Å². The Labute approximate surface area is 123 Å². The van der Waals surface area contributed by atoms with Gasteiger partial charge in [-0.2, -0.15) is 0 Å². The highest BCUT2D eigenvalue weighted by Gasteiger charge is 2.10. The van der Waals surface area contributed by atoms with E-state index in [0.717, 1.165) is 11.4 Å². The molecule has 1 aromatic carbocycles. The van der Waals surface area contributed by atoms with Crippen molar-refractivity contribution in [3.63, 3.8) is 0 Å². The van der Waals surface area contributed by atoms with Gasteiger partial charge in [-0.3, -0.25) is 4.79 Å². The first kappa shape index (κ1) is 14.3. The number of nitrogens with zero attached hydrogens (tertiary/aromatic N) is 2. The summed E-state index contributed by atoms with van der Waals surface area (Å²) < 4.78 is 0. The van der Waals surface area contributed by atoms with Gasteiger partial charge in [0, 0.05) is 31.7 Å². The first-order chi connectivity index (χ1) is 9.61. The predicted molar refractivity (Wildman–Crippen MR) is 82.5 cm³/mol. The number of anilines is 2. The SMILES string of the molecule is CN(C)c1ncccc1NC(=O)c1ccc(CCl)cc1. The van der Waals surface area contributed by atoms with E-state index in [1.54, 1.807) is 24.4 Å². The van der Waals surface area contributed by atoms with Gasteiger partial charge in [0.25, 0.3) is 5.91 Å². The van der Waals surface area contributed by atoms with Crippen LogP contribution in [0.4, 0.5) is 11.5 Å². The number of rotatable bonds is 4. The summed E-state index contributed by atoms with van der Waals surface area (Å²) in [5.74, 6) is 0.996. The maximum absolute atomic E-state index is 12.2. The predicted octanol–water partition coefficient (Wildman–Crippen LogP) is 3.14. The van der Waals surface area contributed by atoms with Crippen LogP contribution in [0.25, 0.3) is 0 Å². The third-order valence-corrected chi connectivity index (χ3v) is 3.14. The molecule has 1 amide bonds. The highest BCUT2D eigenvalue weighted by Crippen LogP contribution is 2.21. The Morgan fingerprint density at radius 1 is 1.25 bits per heavy atom. The van der Waals surface area contributed by atoms with Gasteiger partial charge >= 0.3 is 0 Å². The fourth-order valence-corrected chi connectivity index (χ4v) is 1.97. The number of alkyl halides is 1. The highest BCUT2D eigenvalue weighted by atomic mass is 35.5. The van der Waals surface area contributed by atoms with Crippen LogP contribution in [0.5, 0.6) is 0 Å². The first-order valence-electron chi connectivity index (χ1n) is 6.20. The lowest BCUT2D eigenvalue weighted by molar-refractivity contribution is 0.102. The summed E-state index contributed by atoms with van der Waals surface area (Å²) >= 11 is 5.73. The van der Waals surface area contributed by atoms with E-state index in [9.17, 15) is 4.79 Å². The molecule has 0 aliphatic carbocycles. The van der Waals surface area contributed by atoms with Crippen LogP contribution >= 0.6 is 11.6 Å². The van der Waals surface area contributed by atoms with Gasteiger partial charge < -0.3 is 10.2 Å². The summed E-state index contributed by atoms with van der Waals surface area (Å²) in [7, 11) is 3.76. The van der Waals surface area contributed by atoms with Crippen LogP contribution in [0.15, 0.2) is 42.6 Å². The van der Waals surface area contributed by atoms with Gasteiger partial charge in [0.2, 0.25) is 0 Å². The number of halogens is 1. The van der Waals surface area contributed by atoms with Crippen molar-refractivity contribution >= 4 is 29.0 Å². The zero-order valence-corrected chi connectivity index (χ0v) is 12.2. The molecule has 0 saturated heterocycles. The average molecular weight is 290 g/mol. The fraction of sp³-hybridized carbons (Fsp3) is 0.200. The van der Waals surface area contributed by atoms with Crippen LogP contribution in [-0.4, -0.2) is 25.0 Å². The smallest absolute Gasteiger partial charge is 0.255 e. The molecule has 1 N–H and O–H groups in total. The van der Waals surface area contributed by atoms with Crippen molar-refractivity contribution < 1.29 is 4.79 Å². The van der Waals surface area contributed by atoms with Gasteiger partial charge in [0.15, 0.2) is 5.82 Å². The Bertz CT molecular complexity index is 596. The Morgan fingerprint density at radius 2 is 1.95 bits per heavy atom. The van der Waals surface area contributed by atoms with Crippen molar-refractivity contribution in [1.29, 1.82) is 0 Å². The number of hydrogen-bond acceptors (Lipinski definition) is 3. The number of carbonyl (C=O) groups excluding carboxylic acids is 1. The van der Waals surface area contributed by atoms with Crippen molar-refractivity contribution in [3.8, 4) is 0 Å². The molecule has 0 aliphatic heterocycles. The number of amides is 1. The van der Waals surface area contributed by atoms with Gasteiger partial charge in [-0.25, -0.2) is 4.98 Å². The Kier molecular flexibility index (Phi) is 4.58. The van der Waals surface area contributed by atoms with Gasteiger partial charge in [-0.1, -0.05) is 12.1 Å². The number of hydrogen-bond donors (Lipinski definition) is 1. The molecule has 0 atom stereocenters. The van der Waals surface area contributed by atoms with Crippen molar-refractivity contribution in [1.82, 2.24) is 4.98 Å². The molecule has 5 heteroatoms. The summed E-state index contributed by atoms with van der Waals surface area (Å²) in [6, 6.07) is 10.8. The normalized spacial score (nSPS) is 10.2. The van der Waals surface area contributed by atoms with E-state index in [2.05, 4.69) is 10.3 Å². The monoisotopic (exact) mass is 289 g/mol. The summed E-state index contributed by atoms with van der Waals surface area (Å²) in [6.45, 7) is 0. The van der Waals surface area contributed by atoms with E-state index < -0.39 is 0 Å². The number of benzene rings is 1. The molecule has 104 valence electrons. The summed E-state index contributed by atoms with van der Waals surface area (Å²) in [5.41, 5.74) is 2.26. The third-order valence-electron chi connectivity index (χ3n) is 2.83. The summed E-state index contributed by atoms with van der Waals surface area (Å²) in [6.07, 6.45) is 1.69. The lowest BCUT2D eigenvalue weighted by Crippen LogP contribution is -2.17. The molecule has 0 aliphatic rings. The van der Waals surface area contributed by atoms with Crippen LogP contribution < -0.4 is 10.2 Å². The average Bonchev–Trinajstić information content (AvgIpc) is 2.47. The molecule has 4 nitrogen and oxygen atoms in total. The van der Waals surface area contributed by atoms with Crippen LogP contribution in [-0.2, 0) is 5.88 Å². The first-order valence-corrected chi connectivity index (χ1v) is 6.74. The number of aromatic nitrogens is 1. The van der Waals surface area contributed by atoms with E-state index in [4.69, 9.17) is 11.6 Å². The fourth-order valence-electron chi connectivity index (χ4n) is 1.79. The molecule has 0 unspecified atom stereocenters. The maximum atomic E-state index is 12.2. The Morgan fingerprint density at radius 3 is 2.55 bits per heavy atom. The van der Waals surface area contributed by atoms with E-state index in [1.165, 1.54) is 0 Å². The number of carbonyl (C=O) groups is 1. The van der Waals surface area contributed by atoms with Crippen LogP contribution in [0.2, 0.25) is 0 Å². The summed E-state index contributed by atoms with van der Waals surface area (Å²) in [5, 5.41) is 2.87. The quantitative estimate of drug-likeness (QED) is 0.880. The van der Waals surface area contributed by atoms with Crippen LogP contribution in [0.1, 0.15) is 15.9 Å². The molecule has 0 saturated carbocycles. The topological polar surface area (TPSA) is 45.2 Å². The molecule has 2 aromatic rings. The van der Waals surface area contributed by atoms with E-state index in [-0.39, 0.29) is 5.91 Å². The molecule has 0 fully saturated rings. The van der Waals surface area contributed by atoms with Crippen molar-refractivity contribution in [2.24, 2.45) is 0 Å². The number of nitrogens with one attached hydrogen (secondary N) is 1. The van der Waals surface area contributed by atoms with E-state index >= 15 is 0 Å². The molecule has 1 aromatic heterocycles. The van der Waals surface area contributed by atoms with Crippen LogP contribution in [0, 0.1) is 0 Å². The second-order valence-corrected chi connectivity index (χ2v) is 4.82. The van der Waals surface area contributed by atoms with Gasteiger partial charge in [0.1, 0.15) is 0 Å². The van der Waals surface area contributed by atoms with E-state index in [1.807, 2.05) is 37.2 Å². The largest absolute Gasteiger partial charge is 0.361 e. The minimum absolute atomic E-state index is 0.165. The van der Waals surface area contributed by atoms with Gasteiger partial charge in [0.05, 0.1) is 5.69 Å². The van der Waals surface area contributed by atoms with Gasteiger partial charge in [-0.05, 0) is 29.8 Å². The van der Waals surface area contributed by atoms with Gasteiger partial charge in [-0.15, -0.1) is 11.6 Å². The summed E-state index contributed by atoms with van der Waals surface area (Å²) in [4.78, 5) is 18.3. The standard InChI is InChI=1S/C15H16ClN3O/c1-19(2)14-13(4-3-9-17-14)18-15(20)12-7-5-11(10-16)6-8-12/h3-9H,10H2,1-2H3,(H,18,20). The van der Waals surface area contributed by atoms with Crippen molar-refractivity contribution in [3.05, 3.63) is 53.7 Å². The second kappa shape index (κ2) is 6.39. The highest BCUT2D eigenvalue weighted by molar-refractivity contribution is 6.17. The number of pyridine rings is 1. The second-order valence-electron chi connectivity index (χ2n) is 4.55. The molecule has 0 spiro atoms. The zero-order valence-electron chi connectivity index (χ0n) is 11.4. The Hall–Kier alpha value is -2.07. The van der Waals surface area contributed by atoms with E-state index in [0.29, 0.717) is 17.1 Å².